The van der Waals surface area contributed by atoms with Gasteiger partial charge in [0.05, 0.1) is 6.04 Å². The number of benzene rings is 1. The van der Waals surface area contributed by atoms with Crippen molar-refractivity contribution in [2.75, 3.05) is 6.61 Å². The Kier molecular flexibility index (Phi) is 4.47. The number of nitrogens with zero attached hydrogens (tertiary/aromatic N) is 3. The van der Waals surface area contributed by atoms with Crippen LogP contribution in [0.25, 0.3) is 10.4 Å². The molecule has 1 aliphatic carbocycles. The Morgan fingerprint density at radius 1 is 1.33 bits per heavy atom. The molecule has 0 N–H and O–H groups in total. The molecule has 0 spiro atoms. The Bertz CT molecular complexity index is 559. The first-order valence-electron chi connectivity index (χ1n) is 7.52. The minimum absolute atomic E-state index is 0.0871. The Hall–Kier alpha value is -1.29. The van der Waals surface area contributed by atoms with Gasteiger partial charge >= 0.3 is 0 Å². The van der Waals surface area contributed by atoms with Crippen LogP contribution in [0.5, 0.6) is 0 Å². The Balaban J connectivity index is 2.13. The van der Waals surface area contributed by atoms with Crippen molar-refractivity contribution < 1.29 is 4.43 Å². The average molecular weight is 303 g/mol. The van der Waals surface area contributed by atoms with Crippen LogP contribution in [0.1, 0.15) is 37.9 Å². The van der Waals surface area contributed by atoms with Crippen LogP contribution in [-0.4, -0.2) is 14.9 Å². The third kappa shape index (κ3) is 3.31. The molecule has 21 heavy (non-hydrogen) atoms. The molecule has 5 heteroatoms. The van der Waals surface area contributed by atoms with E-state index in [2.05, 4.69) is 56.0 Å². The van der Waals surface area contributed by atoms with Crippen molar-refractivity contribution in [3.05, 3.63) is 45.8 Å². The third-order valence-electron chi connectivity index (χ3n) is 4.94. The standard InChI is InChI=1S/C16H25N3OSi/c1-16(2,3)21(4,5)20-11-13-10-12-8-6-7-9-14(12)15(13)18-19-17/h6-9,13,15H,10-11H2,1-5H3/t13-,15-/m1/s1. The van der Waals surface area contributed by atoms with Crippen molar-refractivity contribution in [1.29, 1.82) is 0 Å². The van der Waals surface area contributed by atoms with Crippen LogP contribution in [-0.2, 0) is 10.8 Å². The lowest BCUT2D eigenvalue weighted by molar-refractivity contribution is 0.215. The second-order valence-corrected chi connectivity index (χ2v) is 12.2. The van der Waals surface area contributed by atoms with Crippen molar-refractivity contribution in [3.63, 3.8) is 0 Å². The molecule has 0 radical (unpaired) electrons. The van der Waals surface area contributed by atoms with Gasteiger partial charge in [0.25, 0.3) is 0 Å². The highest BCUT2D eigenvalue weighted by Crippen LogP contribution is 2.41. The van der Waals surface area contributed by atoms with Crippen molar-refractivity contribution >= 4 is 8.32 Å². The smallest absolute Gasteiger partial charge is 0.191 e. The molecule has 0 saturated carbocycles. The normalized spacial score (nSPS) is 21.8. The maximum atomic E-state index is 8.85. The van der Waals surface area contributed by atoms with E-state index < -0.39 is 8.32 Å². The summed E-state index contributed by atoms with van der Waals surface area (Å²) in [5.74, 6) is 0.257. The molecule has 1 aromatic rings. The van der Waals surface area contributed by atoms with Crippen LogP contribution in [0.2, 0.25) is 18.1 Å². The van der Waals surface area contributed by atoms with E-state index in [-0.39, 0.29) is 17.0 Å². The molecule has 0 amide bonds. The van der Waals surface area contributed by atoms with E-state index in [0.717, 1.165) is 6.42 Å². The molecule has 2 atom stereocenters. The summed E-state index contributed by atoms with van der Waals surface area (Å²) in [4.78, 5) is 3.04. The summed E-state index contributed by atoms with van der Waals surface area (Å²) in [6.07, 6.45) is 0.939. The van der Waals surface area contributed by atoms with Crippen LogP contribution < -0.4 is 0 Å². The summed E-state index contributed by atoms with van der Waals surface area (Å²) in [6, 6.07) is 8.16. The fraction of sp³-hybridized carbons (Fsp3) is 0.625. The van der Waals surface area contributed by atoms with Crippen LogP contribution in [0.15, 0.2) is 29.4 Å². The van der Waals surface area contributed by atoms with Crippen molar-refractivity contribution in [3.8, 4) is 0 Å². The van der Waals surface area contributed by atoms with Crippen molar-refractivity contribution in [2.45, 2.75) is 51.4 Å². The van der Waals surface area contributed by atoms with Crippen molar-refractivity contribution in [1.82, 2.24) is 0 Å². The average Bonchev–Trinajstić information content (AvgIpc) is 2.74. The number of fused-ring (bicyclic) bond motifs is 1. The molecule has 4 nitrogen and oxygen atoms in total. The zero-order valence-electron chi connectivity index (χ0n) is 13.6. The molecule has 0 heterocycles. The van der Waals surface area contributed by atoms with E-state index in [0.29, 0.717) is 6.61 Å². The molecule has 0 fully saturated rings. The number of rotatable bonds is 4. The first kappa shape index (κ1) is 16.1. The van der Waals surface area contributed by atoms with Gasteiger partial charge in [-0.3, -0.25) is 0 Å². The van der Waals surface area contributed by atoms with Crippen LogP contribution in [0.4, 0.5) is 0 Å². The second-order valence-electron chi connectivity index (χ2n) is 7.38. The van der Waals surface area contributed by atoms with Gasteiger partial charge in [-0.15, -0.1) is 0 Å². The molecular formula is C16H25N3OSi. The van der Waals surface area contributed by atoms with E-state index in [1.807, 2.05) is 12.1 Å². The molecule has 2 rings (SSSR count). The Morgan fingerprint density at radius 2 is 2.00 bits per heavy atom. The zero-order valence-corrected chi connectivity index (χ0v) is 14.6. The SMILES string of the molecule is CC(C)(C)[Si](C)(C)OC[C@H]1Cc2ccccc2[C@@H]1N=[N+]=[N-]. The molecule has 114 valence electrons. The van der Waals surface area contributed by atoms with Gasteiger partial charge in [0.15, 0.2) is 8.32 Å². The maximum Gasteiger partial charge on any atom is 0.191 e. The summed E-state index contributed by atoms with van der Waals surface area (Å²) in [5.41, 5.74) is 11.3. The van der Waals surface area contributed by atoms with E-state index in [1.54, 1.807) is 0 Å². The van der Waals surface area contributed by atoms with Gasteiger partial charge in [-0.05, 0) is 47.1 Å². The first-order chi connectivity index (χ1) is 9.76. The lowest BCUT2D eigenvalue weighted by Gasteiger charge is -2.37. The highest BCUT2D eigenvalue weighted by atomic mass is 28.4. The van der Waals surface area contributed by atoms with Gasteiger partial charge in [-0.25, -0.2) is 0 Å². The highest BCUT2D eigenvalue weighted by molar-refractivity contribution is 6.74. The fourth-order valence-electron chi connectivity index (χ4n) is 2.55. The summed E-state index contributed by atoms with van der Waals surface area (Å²) < 4.78 is 6.34. The maximum absolute atomic E-state index is 8.85. The highest BCUT2D eigenvalue weighted by Gasteiger charge is 2.39. The van der Waals surface area contributed by atoms with Gasteiger partial charge in [-0.1, -0.05) is 50.2 Å². The molecule has 0 saturated heterocycles. The summed E-state index contributed by atoms with van der Waals surface area (Å²) >= 11 is 0. The molecule has 0 bridgehead atoms. The lowest BCUT2D eigenvalue weighted by atomic mass is 10.0. The molecule has 0 aromatic heterocycles. The molecule has 0 unspecified atom stereocenters. The summed E-state index contributed by atoms with van der Waals surface area (Å²) in [5, 5.41) is 4.23. The van der Waals surface area contributed by atoms with Gasteiger partial charge in [-0.2, -0.15) is 0 Å². The molecule has 1 aliphatic rings. The van der Waals surface area contributed by atoms with E-state index >= 15 is 0 Å². The largest absolute Gasteiger partial charge is 0.417 e. The number of azide groups is 1. The summed E-state index contributed by atoms with van der Waals surface area (Å²) in [6.45, 7) is 11.9. The van der Waals surface area contributed by atoms with E-state index in [4.69, 9.17) is 9.96 Å². The van der Waals surface area contributed by atoms with Gasteiger partial charge in [0.1, 0.15) is 0 Å². The molecule has 1 aromatic carbocycles. The monoisotopic (exact) mass is 303 g/mol. The topological polar surface area (TPSA) is 58.0 Å². The van der Waals surface area contributed by atoms with Crippen LogP contribution >= 0.6 is 0 Å². The van der Waals surface area contributed by atoms with Gasteiger partial charge in [0, 0.05) is 11.5 Å². The number of hydrogen-bond donors (Lipinski definition) is 0. The minimum atomic E-state index is -1.76. The number of hydrogen-bond acceptors (Lipinski definition) is 2. The fourth-order valence-corrected chi connectivity index (χ4v) is 3.61. The van der Waals surface area contributed by atoms with Crippen LogP contribution in [0, 0.1) is 5.92 Å². The lowest BCUT2D eigenvalue weighted by Crippen LogP contribution is -2.42. The van der Waals surface area contributed by atoms with Crippen molar-refractivity contribution in [2.24, 2.45) is 11.0 Å². The predicted octanol–water partition coefficient (Wildman–Crippen LogP) is 5.23. The predicted molar refractivity (Wildman–Crippen MR) is 88.7 cm³/mol. The van der Waals surface area contributed by atoms with E-state index in [1.165, 1.54) is 11.1 Å². The third-order valence-corrected chi connectivity index (χ3v) is 9.44. The first-order valence-corrected chi connectivity index (χ1v) is 10.4. The second kappa shape index (κ2) is 5.83. The minimum Gasteiger partial charge on any atom is -0.417 e. The van der Waals surface area contributed by atoms with E-state index in [9.17, 15) is 0 Å². The Morgan fingerprint density at radius 3 is 2.62 bits per heavy atom. The quantitative estimate of drug-likeness (QED) is 0.325. The molecular weight excluding hydrogens is 278 g/mol. The van der Waals surface area contributed by atoms with Crippen LogP contribution in [0.3, 0.4) is 0 Å². The molecule has 0 aliphatic heterocycles. The van der Waals surface area contributed by atoms with Gasteiger partial charge < -0.3 is 4.43 Å². The zero-order chi connectivity index (χ0) is 15.7. The van der Waals surface area contributed by atoms with Gasteiger partial charge in [0.2, 0.25) is 0 Å². The summed E-state index contributed by atoms with van der Waals surface area (Å²) in [7, 11) is -1.76. The Labute approximate surface area is 128 Å².